The molecule has 0 atom stereocenters. The van der Waals surface area contributed by atoms with Gasteiger partial charge >= 0.3 is 0 Å². The zero-order valence-electron chi connectivity index (χ0n) is 15.7. The van der Waals surface area contributed by atoms with Gasteiger partial charge in [-0.3, -0.25) is 4.98 Å². The first-order chi connectivity index (χ1) is 13.5. The molecule has 5 nitrogen and oxygen atoms in total. The standard InChI is InChI=1S/C22H19FN4O/c1-14-3-4-21(19(23)7-14)28-18-9-17-13-27(6-5-20(17)25-12-18)22-15(2)8-16(10-24)11-26-22/h3-4,7-9,11-12H,5-6,13H2,1-2H3. The third kappa shape index (κ3) is 3.52. The van der Waals surface area contributed by atoms with Crippen molar-refractivity contribution in [2.75, 3.05) is 11.4 Å². The molecule has 0 bridgehead atoms. The molecular weight excluding hydrogens is 355 g/mol. The van der Waals surface area contributed by atoms with Gasteiger partial charge in [0.25, 0.3) is 0 Å². The maximum Gasteiger partial charge on any atom is 0.165 e. The maximum atomic E-state index is 14.1. The van der Waals surface area contributed by atoms with Crippen molar-refractivity contribution in [3.63, 3.8) is 0 Å². The summed E-state index contributed by atoms with van der Waals surface area (Å²) in [7, 11) is 0. The molecule has 0 fully saturated rings. The molecule has 3 aromatic rings. The predicted octanol–water partition coefficient (Wildman–Crippen LogP) is 4.46. The van der Waals surface area contributed by atoms with Crippen LogP contribution >= 0.6 is 0 Å². The van der Waals surface area contributed by atoms with Crippen LogP contribution in [0, 0.1) is 31.0 Å². The molecule has 0 saturated carbocycles. The van der Waals surface area contributed by atoms with Gasteiger partial charge in [0.2, 0.25) is 0 Å². The molecule has 0 aliphatic carbocycles. The number of pyridine rings is 2. The van der Waals surface area contributed by atoms with E-state index in [-0.39, 0.29) is 5.75 Å². The van der Waals surface area contributed by atoms with E-state index < -0.39 is 5.82 Å². The second-order valence-electron chi connectivity index (χ2n) is 6.96. The van der Waals surface area contributed by atoms with Gasteiger partial charge in [-0.2, -0.15) is 5.26 Å². The number of aryl methyl sites for hydroxylation is 2. The van der Waals surface area contributed by atoms with E-state index in [1.165, 1.54) is 6.07 Å². The molecule has 0 radical (unpaired) electrons. The first-order valence-corrected chi connectivity index (χ1v) is 9.07. The number of ether oxygens (including phenoxy) is 1. The normalized spacial score (nSPS) is 13.0. The maximum absolute atomic E-state index is 14.1. The molecule has 2 aromatic heterocycles. The monoisotopic (exact) mass is 374 g/mol. The van der Waals surface area contributed by atoms with Crippen LogP contribution in [0.2, 0.25) is 0 Å². The number of rotatable bonds is 3. The average Bonchev–Trinajstić information content (AvgIpc) is 2.69. The molecule has 28 heavy (non-hydrogen) atoms. The topological polar surface area (TPSA) is 62.0 Å². The Morgan fingerprint density at radius 1 is 1.14 bits per heavy atom. The second-order valence-corrected chi connectivity index (χ2v) is 6.96. The van der Waals surface area contributed by atoms with Crippen LogP contribution in [0.25, 0.3) is 0 Å². The van der Waals surface area contributed by atoms with E-state index in [0.29, 0.717) is 17.9 Å². The Morgan fingerprint density at radius 3 is 2.75 bits per heavy atom. The van der Waals surface area contributed by atoms with Crippen molar-refractivity contribution < 1.29 is 9.13 Å². The van der Waals surface area contributed by atoms with E-state index in [0.717, 1.165) is 41.2 Å². The molecule has 0 spiro atoms. The minimum atomic E-state index is -0.392. The molecule has 4 rings (SSSR count). The lowest BCUT2D eigenvalue weighted by Gasteiger charge is -2.30. The van der Waals surface area contributed by atoms with Gasteiger partial charge in [0, 0.05) is 31.4 Å². The van der Waals surface area contributed by atoms with E-state index >= 15 is 0 Å². The summed E-state index contributed by atoms with van der Waals surface area (Å²) in [5.74, 6) is 1.16. The van der Waals surface area contributed by atoms with Crippen molar-refractivity contribution in [1.82, 2.24) is 9.97 Å². The summed E-state index contributed by atoms with van der Waals surface area (Å²) in [4.78, 5) is 11.1. The fourth-order valence-corrected chi connectivity index (χ4v) is 3.42. The number of hydrogen-bond acceptors (Lipinski definition) is 5. The van der Waals surface area contributed by atoms with Crippen LogP contribution < -0.4 is 9.64 Å². The van der Waals surface area contributed by atoms with Crippen molar-refractivity contribution in [2.24, 2.45) is 0 Å². The summed E-state index contributed by atoms with van der Waals surface area (Å²) in [6.07, 6.45) is 4.02. The lowest BCUT2D eigenvalue weighted by molar-refractivity contribution is 0.438. The van der Waals surface area contributed by atoms with Crippen molar-refractivity contribution in [2.45, 2.75) is 26.8 Å². The highest BCUT2D eigenvalue weighted by Crippen LogP contribution is 2.30. The molecular formula is C22H19FN4O. The Morgan fingerprint density at radius 2 is 2.00 bits per heavy atom. The van der Waals surface area contributed by atoms with Gasteiger partial charge < -0.3 is 9.64 Å². The van der Waals surface area contributed by atoms with Crippen LogP contribution in [-0.4, -0.2) is 16.5 Å². The quantitative estimate of drug-likeness (QED) is 0.677. The minimum absolute atomic E-state index is 0.185. The Bertz CT molecular complexity index is 1090. The lowest BCUT2D eigenvalue weighted by Crippen LogP contribution is -2.32. The average molecular weight is 374 g/mol. The van der Waals surface area contributed by atoms with Crippen LogP contribution in [0.1, 0.15) is 27.9 Å². The van der Waals surface area contributed by atoms with E-state index in [4.69, 9.17) is 10.00 Å². The van der Waals surface area contributed by atoms with Gasteiger partial charge in [-0.1, -0.05) is 6.07 Å². The number of benzene rings is 1. The highest BCUT2D eigenvalue weighted by molar-refractivity contribution is 5.51. The highest BCUT2D eigenvalue weighted by atomic mass is 19.1. The lowest BCUT2D eigenvalue weighted by atomic mass is 10.0. The minimum Gasteiger partial charge on any atom is -0.453 e. The largest absolute Gasteiger partial charge is 0.453 e. The second kappa shape index (κ2) is 7.28. The summed E-state index contributed by atoms with van der Waals surface area (Å²) < 4.78 is 19.8. The third-order valence-electron chi connectivity index (χ3n) is 4.81. The molecule has 6 heteroatoms. The summed E-state index contributed by atoms with van der Waals surface area (Å²) in [5, 5.41) is 9.03. The number of anilines is 1. The Kier molecular flexibility index (Phi) is 4.66. The van der Waals surface area contributed by atoms with E-state index in [1.807, 2.05) is 32.0 Å². The summed E-state index contributed by atoms with van der Waals surface area (Å²) in [6, 6.07) is 10.7. The number of nitrogens with zero attached hydrogens (tertiary/aromatic N) is 4. The Balaban J connectivity index is 1.58. The molecule has 1 aromatic carbocycles. The van der Waals surface area contributed by atoms with Crippen LogP contribution in [-0.2, 0) is 13.0 Å². The highest BCUT2D eigenvalue weighted by Gasteiger charge is 2.21. The van der Waals surface area contributed by atoms with Crippen molar-refractivity contribution in [1.29, 1.82) is 5.26 Å². The van der Waals surface area contributed by atoms with Gasteiger partial charge in [-0.25, -0.2) is 9.37 Å². The van der Waals surface area contributed by atoms with Gasteiger partial charge in [-0.05, 0) is 54.8 Å². The Hall–Kier alpha value is -3.46. The fraction of sp³-hybridized carbons (Fsp3) is 0.227. The number of aromatic nitrogens is 2. The van der Waals surface area contributed by atoms with Crippen molar-refractivity contribution in [3.8, 4) is 17.6 Å². The van der Waals surface area contributed by atoms with E-state index in [2.05, 4.69) is 20.9 Å². The fourth-order valence-electron chi connectivity index (χ4n) is 3.42. The SMILES string of the molecule is Cc1ccc(Oc2cnc3c(c2)CN(c2ncc(C#N)cc2C)CC3)c(F)c1. The number of hydrogen-bond donors (Lipinski definition) is 0. The van der Waals surface area contributed by atoms with Crippen molar-refractivity contribution >= 4 is 5.82 Å². The van der Waals surface area contributed by atoms with Crippen LogP contribution in [0.4, 0.5) is 10.2 Å². The Labute approximate surface area is 163 Å². The number of nitriles is 1. The first-order valence-electron chi connectivity index (χ1n) is 9.07. The van der Waals surface area contributed by atoms with Crippen LogP contribution in [0.5, 0.6) is 11.5 Å². The number of fused-ring (bicyclic) bond motifs is 1. The molecule has 140 valence electrons. The first kappa shape index (κ1) is 17.9. The summed E-state index contributed by atoms with van der Waals surface area (Å²) in [5.41, 5.74) is 4.40. The zero-order chi connectivity index (χ0) is 19.7. The van der Waals surface area contributed by atoms with Crippen LogP contribution in [0.15, 0.2) is 42.7 Å². The summed E-state index contributed by atoms with van der Waals surface area (Å²) >= 11 is 0. The summed E-state index contributed by atoms with van der Waals surface area (Å²) in [6.45, 7) is 5.22. The van der Waals surface area contributed by atoms with Gasteiger partial charge in [0.1, 0.15) is 17.6 Å². The molecule has 0 N–H and O–H groups in total. The predicted molar refractivity (Wildman–Crippen MR) is 104 cm³/mol. The number of halogens is 1. The van der Waals surface area contributed by atoms with Crippen molar-refractivity contribution in [3.05, 3.63) is 76.5 Å². The molecule has 3 heterocycles. The molecule has 0 saturated heterocycles. The molecule has 1 aliphatic rings. The van der Waals surface area contributed by atoms with Crippen LogP contribution in [0.3, 0.4) is 0 Å². The van der Waals surface area contributed by atoms with Gasteiger partial charge in [0.15, 0.2) is 11.6 Å². The zero-order valence-corrected chi connectivity index (χ0v) is 15.7. The molecule has 1 aliphatic heterocycles. The van der Waals surface area contributed by atoms with E-state index in [1.54, 1.807) is 18.5 Å². The van der Waals surface area contributed by atoms with Gasteiger partial charge in [-0.15, -0.1) is 0 Å². The van der Waals surface area contributed by atoms with E-state index in [9.17, 15) is 4.39 Å². The third-order valence-corrected chi connectivity index (χ3v) is 4.81. The smallest absolute Gasteiger partial charge is 0.165 e. The molecule has 0 unspecified atom stereocenters. The molecule has 0 amide bonds. The van der Waals surface area contributed by atoms with Gasteiger partial charge in [0.05, 0.1) is 11.8 Å².